The molecule has 2 amide bonds. The molecule has 43 heavy (non-hydrogen) atoms. The zero-order valence-corrected chi connectivity index (χ0v) is 26.5. The molecule has 1 unspecified atom stereocenters. The lowest BCUT2D eigenvalue weighted by Gasteiger charge is -2.51. The first-order chi connectivity index (χ1) is 20.5. The third kappa shape index (κ3) is 6.91. The molecule has 3 heterocycles. The molecular weight excluding hydrogens is 540 g/mol. The number of amides is 2. The fourth-order valence-corrected chi connectivity index (χ4v) is 7.47. The molecule has 2 aliphatic heterocycles. The summed E-state index contributed by atoms with van der Waals surface area (Å²) in [7, 11) is 0. The van der Waals surface area contributed by atoms with Gasteiger partial charge in [0.15, 0.2) is 0 Å². The molecule has 5 rings (SSSR count). The number of aromatic nitrogens is 1. The first-order valence-electron chi connectivity index (χ1n) is 16.3. The number of aliphatic hydroxyl groups is 1. The predicted octanol–water partition coefficient (Wildman–Crippen LogP) is 4.55. The van der Waals surface area contributed by atoms with Crippen LogP contribution in [0, 0.1) is 17.3 Å². The third-order valence-corrected chi connectivity index (χ3v) is 10.3. The van der Waals surface area contributed by atoms with Gasteiger partial charge in [-0.15, -0.1) is 0 Å². The molecule has 234 valence electrons. The van der Waals surface area contributed by atoms with Crippen LogP contribution in [0.1, 0.15) is 83.0 Å². The molecule has 2 saturated heterocycles. The smallest absolute Gasteiger partial charge is 0.256 e. The van der Waals surface area contributed by atoms with E-state index in [-0.39, 0.29) is 35.9 Å². The van der Waals surface area contributed by atoms with Gasteiger partial charge in [0.2, 0.25) is 5.91 Å². The Morgan fingerprint density at radius 1 is 1.07 bits per heavy atom. The maximum Gasteiger partial charge on any atom is 0.256 e. The van der Waals surface area contributed by atoms with Gasteiger partial charge in [-0.3, -0.25) is 14.4 Å². The van der Waals surface area contributed by atoms with Crippen LogP contribution in [0.15, 0.2) is 47.4 Å². The summed E-state index contributed by atoms with van der Waals surface area (Å²) in [5, 5.41) is 15.5. The Balaban J connectivity index is 1.37. The van der Waals surface area contributed by atoms with Gasteiger partial charge >= 0.3 is 0 Å². The average molecular weight is 591 g/mol. The lowest BCUT2D eigenvalue weighted by atomic mass is 9.69. The predicted molar refractivity (Wildman–Crippen MR) is 170 cm³/mol. The quantitative estimate of drug-likeness (QED) is 0.494. The van der Waals surface area contributed by atoms with Crippen molar-refractivity contribution >= 4 is 11.8 Å². The van der Waals surface area contributed by atoms with Gasteiger partial charge in [0.05, 0.1) is 17.7 Å². The molecule has 8 nitrogen and oxygen atoms in total. The van der Waals surface area contributed by atoms with Crippen molar-refractivity contribution in [2.45, 2.75) is 90.8 Å². The van der Waals surface area contributed by atoms with Crippen molar-refractivity contribution in [3.8, 4) is 11.1 Å². The number of benzene rings is 1. The number of piperazine rings is 1. The Bertz CT molecular complexity index is 1350. The van der Waals surface area contributed by atoms with Crippen molar-refractivity contribution in [2.24, 2.45) is 17.3 Å². The van der Waals surface area contributed by atoms with E-state index in [1.165, 1.54) is 42.7 Å². The van der Waals surface area contributed by atoms with Crippen molar-refractivity contribution in [2.75, 3.05) is 32.7 Å². The Labute approximate surface area is 256 Å². The van der Waals surface area contributed by atoms with Crippen LogP contribution in [0.4, 0.5) is 0 Å². The molecule has 3 atom stereocenters. The highest BCUT2D eigenvalue weighted by Gasteiger charge is 2.49. The molecular formula is C35H50N4O4. The van der Waals surface area contributed by atoms with E-state index in [0.29, 0.717) is 49.6 Å². The number of nitrogens with zero attached hydrogens (tertiary/aromatic N) is 3. The standard InChI is InChI=1S/C35H50N4O4/c1-25(19-27-11-7-5-8-12-27)32(41)38-17-15-35(43,34(3,4)23-38)24-39-22-30(33(42)37-18-16-36-26(2)21-37)29(20-31(39)40)28-13-9-6-10-14-28/h6,9-10,13-14,20,22,25-27,36,43H,5,7-8,11-12,15-19,21,23-24H2,1-4H3/t25?,26-,35+/m1/s1. The highest BCUT2D eigenvalue weighted by Crippen LogP contribution is 2.41. The molecule has 2 N–H and O–H groups in total. The van der Waals surface area contributed by atoms with Gasteiger partial charge in [-0.25, -0.2) is 0 Å². The van der Waals surface area contributed by atoms with Crippen LogP contribution in [0.25, 0.3) is 11.1 Å². The van der Waals surface area contributed by atoms with E-state index in [2.05, 4.69) is 19.2 Å². The highest BCUT2D eigenvalue weighted by atomic mass is 16.3. The van der Waals surface area contributed by atoms with E-state index in [1.54, 1.807) is 6.20 Å². The van der Waals surface area contributed by atoms with Crippen LogP contribution in [0.2, 0.25) is 0 Å². The Morgan fingerprint density at radius 3 is 2.47 bits per heavy atom. The number of hydrogen-bond acceptors (Lipinski definition) is 5. The van der Waals surface area contributed by atoms with Crippen molar-refractivity contribution in [1.82, 2.24) is 19.7 Å². The van der Waals surface area contributed by atoms with Gasteiger partial charge in [-0.05, 0) is 31.2 Å². The first-order valence-corrected chi connectivity index (χ1v) is 16.3. The first kappa shape index (κ1) is 31.5. The normalized spacial score (nSPS) is 25.4. The zero-order chi connectivity index (χ0) is 30.8. The largest absolute Gasteiger partial charge is 0.387 e. The van der Waals surface area contributed by atoms with E-state index in [4.69, 9.17) is 0 Å². The maximum atomic E-state index is 13.9. The number of likely N-dealkylation sites (tertiary alicyclic amines) is 1. The summed E-state index contributed by atoms with van der Waals surface area (Å²) >= 11 is 0. The van der Waals surface area contributed by atoms with Gasteiger partial charge in [-0.2, -0.15) is 0 Å². The molecule has 0 spiro atoms. The third-order valence-electron chi connectivity index (χ3n) is 10.3. The number of piperidine rings is 1. The Morgan fingerprint density at radius 2 is 1.79 bits per heavy atom. The number of nitrogens with one attached hydrogen (secondary N) is 1. The number of hydrogen-bond donors (Lipinski definition) is 2. The fraction of sp³-hybridized carbons (Fsp3) is 0.629. The molecule has 3 aliphatic rings. The molecule has 0 radical (unpaired) electrons. The summed E-state index contributed by atoms with van der Waals surface area (Å²) in [6.45, 7) is 10.9. The number of carbonyl (C=O) groups excluding carboxylic acids is 2. The lowest BCUT2D eigenvalue weighted by Crippen LogP contribution is -2.61. The minimum absolute atomic E-state index is 0.0282. The monoisotopic (exact) mass is 590 g/mol. The van der Waals surface area contributed by atoms with Crippen LogP contribution in [0.5, 0.6) is 0 Å². The molecule has 2 aromatic rings. The van der Waals surface area contributed by atoms with Crippen molar-refractivity contribution in [3.63, 3.8) is 0 Å². The average Bonchev–Trinajstić information content (AvgIpc) is 2.99. The summed E-state index contributed by atoms with van der Waals surface area (Å²) in [6, 6.07) is 11.3. The van der Waals surface area contributed by atoms with Gasteiger partial charge in [0.1, 0.15) is 0 Å². The summed E-state index contributed by atoms with van der Waals surface area (Å²) in [5.41, 5.74) is -0.249. The number of rotatable bonds is 7. The van der Waals surface area contributed by atoms with Gasteiger partial charge in [-0.1, -0.05) is 83.2 Å². The summed E-state index contributed by atoms with van der Waals surface area (Å²) < 4.78 is 1.51. The van der Waals surface area contributed by atoms with Gasteiger partial charge in [0, 0.05) is 67.9 Å². The molecule has 1 aromatic carbocycles. The Hall–Kier alpha value is -2.97. The molecule has 1 saturated carbocycles. The molecule has 1 aromatic heterocycles. The molecule has 8 heteroatoms. The zero-order valence-electron chi connectivity index (χ0n) is 26.5. The van der Waals surface area contributed by atoms with E-state index in [9.17, 15) is 19.5 Å². The second kappa shape index (κ2) is 12.9. The van der Waals surface area contributed by atoms with Crippen LogP contribution in [-0.2, 0) is 11.3 Å². The van der Waals surface area contributed by atoms with E-state index < -0.39 is 11.0 Å². The Kier molecular flexibility index (Phi) is 9.47. The van der Waals surface area contributed by atoms with Crippen molar-refractivity contribution in [3.05, 3.63) is 58.5 Å². The number of pyridine rings is 1. The topological polar surface area (TPSA) is 94.9 Å². The molecule has 1 aliphatic carbocycles. The van der Waals surface area contributed by atoms with Crippen molar-refractivity contribution < 1.29 is 14.7 Å². The minimum atomic E-state index is -1.22. The van der Waals surface area contributed by atoms with E-state index in [1.807, 2.05) is 54.0 Å². The maximum absolute atomic E-state index is 13.9. The van der Waals surface area contributed by atoms with Crippen LogP contribution >= 0.6 is 0 Å². The molecule has 3 fully saturated rings. The SMILES string of the molecule is CC(CC1CCCCC1)C(=O)N1CC[C@](O)(Cn2cc(C(=O)N3CCN[C@H](C)C3)c(-c3ccccc3)cc2=O)C(C)(C)C1. The highest BCUT2D eigenvalue weighted by molar-refractivity contribution is 6.00. The fourth-order valence-electron chi connectivity index (χ4n) is 7.47. The summed E-state index contributed by atoms with van der Waals surface area (Å²) in [6.07, 6.45) is 9.24. The number of carbonyl (C=O) groups is 2. The second-order valence-electron chi connectivity index (χ2n) is 14.1. The van der Waals surface area contributed by atoms with Crippen LogP contribution in [0.3, 0.4) is 0 Å². The summed E-state index contributed by atoms with van der Waals surface area (Å²) in [4.78, 5) is 44.7. The van der Waals surface area contributed by atoms with Gasteiger partial charge < -0.3 is 24.8 Å². The van der Waals surface area contributed by atoms with Crippen LogP contribution < -0.4 is 10.9 Å². The van der Waals surface area contributed by atoms with E-state index >= 15 is 0 Å². The second-order valence-corrected chi connectivity index (χ2v) is 14.1. The lowest BCUT2D eigenvalue weighted by molar-refractivity contribution is -0.157. The molecule has 0 bridgehead atoms. The van der Waals surface area contributed by atoms with Crippen molar-refractivity contribution in [1.29, 1.82) is 0 Å². The summed E-state index contributed by atoms with van der Waals surface area (Å²) in [5.74, 6) is 0.664. The van der Waals surface area contributed by atoms with E-state index in [0.717, 1.165) is 18.5 Å². The minimum Gasteiger partial charge on any atom is -0.387 e. The van der Waals surface area contributed by atoms with Crippen LogP contribution in [-0.4, -0.2) is 75.7 Å². The van der Waals surface area contributed by atoms with Gasteiger partial charge in [0.25, 0.3) is 11.5 Å².